The summed E-state index contributed by atoms with van der Waals surface area (Å²) in [6.45, 7) is 11.2. The fourth-order valence-corrected chi connectivity index (χ4v) is 5.57. The number of aliphatic hydroxyl groups excluding tert-OH is 1. The third-order valence-electron chi connectivity index (χ3n) is 8.65. The van der Waals surface area contributed by atoms with Crippen LogP contribution in [0.5, 0.6) is 0 Å². The maximum Gasteiger partial charge on any atom is 0.225 e. The molecule has 0 bridgehead atoms. The van der Waals surface area contributed by atoms with Gasteiger partial charge in [-0.2, -0.15) is 0 Å². The van der Waals surface area contributed by atoms with Crippen LogP contribution in [0.25, 0.3) is 0 Å². The average Bonchev–Trinajstić information content (AvgIpc) is 2.97. The third-order valence-corrected chi connectivity index (χ3v) is 8.65. The number of ether oxygens (including phenoxy) is 2. The monoisotopic (exact) mass is 577 g/mol. The lowest BCUT2D eigenvalue weighted by Gasteiger charge is -2.34. The summed E-state index contributed by atoms with van der Waals surface area (Å²) >= 11 is 0. The van der Waals surface area contributed by atoms with E-state index < -0.39 is 0 Å². The number of methoxy groups -OCH3 is 2. The highest BCUT2D eigenvalue weighted by molar-refractivity contribution is 5.79. The van der Waals surface area contributed by atoms with Crippen LogP contribution in [0.4, 0.5) is 0 Å². The molecule has 0 aliphatic heterocycles. The van der Waals surface area contributed by atoms with Crippen molar-refractivity contribution >= 4 is 11.8 Å². The number of benzene rings is 1. The molecule has 7 atom stereocenters. The molecule has 0 saturated heterocycles. The predicted octanol–water partition coefficient (Wildman–Crippen LogP) is 4.35. The van der Waals surface area contributed by atoms with Gasteiger partial charge in [0.1, 0.15) is 0 Å². The van der Waals surface area contributed by atoms with Gasteiger partial charge in [0.05, 0.1) is 37.2 Å². The van der Waals surface area contributed by atoms with E-state index in [4.69, 9.17) is 9.47 Å². The van der Waals surface area contributed by atoms with Crippen LogP contribution in [-0.4, -0.2) is 75.6 Å². The van der Waals surface area contributed by atoms with Crippen molar-refractivity contribution in [1.29, 1.82) is 0 Å². The largest absolute Gasteiger partial charge is 0.394 e. The second kappa shape index (κ2) is 20.8. The number of rotatable bonds is 22. The van der Waals surface area contributed by atoms with Gasteiger partial charge in [-0.05, 0) is 62.5 Å². The lowest BCUT2D eigenvalue weighted by atomic mass is 9.79. The van der Waals surface area contributed by atoms with E-state index in [9.17, 15) is 14.7 Å². The van der Waals surface area contributed by atoms with Gasteiger partial charge in [-0.1, -0.05) is 71.4 Å². The van der Waals surface area contributed by atoms with Crippen molar-refractivity contribution in [3.63, 3.8) is 0 Å². The molecule has 0 fully saturated rings. The molecule has 0 saturated carbocycles. The van der Waals surface area contributed by atoms with Crippen LogP contribution in [0.15, 0.2) is 30.3 Å². The molecule has 1 rings (SSSR count). The van der Waals surface area contributed by atoms with E-state index in [1.54, 1.807) is 14.2 Å². The first-order chi connectivity index (χ1) is 19.6. The minimum Gasteiger partial charge on any atom is -0.394 e. The second-order valence-corrected chi connectivity index (χ2v) is 11.9. The minimum absolute atomic E-state index is 0.0141. The lowest BCUT2D eigenvalue weighted by molar-refractivity contribution is -0.130. The van der Waals surface area contributed by atoms with Gasteiger partial charge in [0.15, 0.2) is 0 Å². The smallest absolute Gasteiger partial charge is 0.225 e. The molecule has 0 radical (unpaired) electrons. The summed E-state index contributed by atoms with van der Waals surface area (Å²) in [4.78, 5) is 25.7. The van der Waals surface area contributed by atoms with E-state index in [2.05, 4.69) is 43.6 Å². The third kappa shape index (κ3) is 13.7. The zero-order valence-corrected chi connectivity index (χ0v) is 26.9. The van der Waals surface area contributed by atoms with Gasteiger partial charge in [0, 0.05) is 26.8 Å². The Morgan fingerprint density at radius 3 is 2.17 bits per heavy atom. The van der Waals surface area contributed by atoms with Crippen LogP contribution in [0, 0.1) is 23.7 Å². The van der Waals surface area contributed by atoms with Crippen LogP contribution in [0.2, 0.25) is 0 Å². The first kappa shape index (κ1) is 37.0. The van der Waals surface area contributed by atoms with Gasteiger partial charge >= 0.3 is 0 Å². The van der Waals surface area contributed by atoms with Crippen LogP contribution >= 0.6 is 0 Å². The molecule has 4 N–H and O–H groups in total. The first-order valence-corrected chi connectivity index (χ1v) is 15.6. The molecule has 2 amide bonds. The molecule has 0 aliphatic carbocycles. The van der Waals surface area contributed by atoms with Crippen molar-refractivity contribution < 1.29 is 24.2 Å². The van der Waals surface area contributed by atoms with Gasteiger partial charge < -0.3 is 30.5 Å². The van der Waals surface area contributed by atoms with E-state index >= 15 is 0 Å². The molecule has 8 heteroatoms. The number of carbonyl (C=O) groups excluding carboxylic acids is 2. The first-order valence-electron chi connectivity index (χ1n) is 15.6. The Labute approximate surface area is 249 Å². The quantitative estimate of drug-likeness (QED) is 0.153. The number of aliphatic hydroxyl groups is 1. The summed E-state index contributed by atoms with van der Waals surface area (Å²) in [5.41, 5.74) is 1.06. The Hall–Kier alpha value is -2.00. The summed E-state index contributed by atoms with van der Waals surface area (Å²) in [5.74, 6) is 0.793. The second-order valence-electron chi connectivity index (χ2n) is 11.9. The molecule has 8 nitrogen and oxygen atoms in total. The zero-order chi connectivity index (χ0) is 30.8. The van der Waals surface area contributed by atoms with E-state index in [-0.39, 0.29) is 42.6 Å². The lowest BCUT2D eigenvalue weighted by Crippen LogP contribution is -2.44. The van der Waals surface area contributed by atoms with E-state index in [1.165, 1.54) is 0 Å². The Morgan fingerprint density at radius 2 is 1.63 bits per heavy atom. The van der Waals surface area contributed by atoms with Gasteiger partial charge in [0.2, 0.25) is 11.8 Å². The summed E-state index contributed by atoms with van der Waals surface area (Å²) in [6, 6.07) is 9.85. The zero-order valence-electron chi connectivity index (χ0n) is 26.9. The summed E-state index contributed by atoms with van der Waals surface area (Å²) in [5, 5.41) is 19.3. The molecule has 0 heterocycles. The van der Waals surface area contributed by atoms with Crippen molar-refractivity contribution in [2.45, 2.75) is 104 Å². The van der Waals surface area contributed by atoms with Gasteiger partial charge in [-0.3, -0.25) is 9.59 Å². The fourth-order valence-electron chi connectivity index (χ4n) is 5.57. The number of amides is 2. The molecular weight excluding hydrogens is 518 g/mol. The Bertz CT molecular complexity index is 837. The highest BCUT2D eigenvalue weighted by Gasteiger charge is 2.31. The van der Waals surface area contributed by atoms with Crippen LogP contribution in [-0.2, 0) is 25.5 Å². The topological polar surface area (TPSA) is 109 Å². The van der Waals surface area contributed by atoms with Crippen molar-refractivity contribution in [2.24, 2.45) is 23.7 Å². The summed E-state index contributed by atoms with van der Waals surface area (Å²) in [6.07, 6.45) is 4.92. The molecule has 4 unspecified atom stereocenters. The predicted molar refractivity (Wildman–Crippen MR) is 167 cm³/mol. The number of hydrogen-bond acceptors (Lipinski definition) is 6. The van der Waals surface area contributed by atoms with Crippen molar-refractivity contribution in [2.75, 3.05) is 34.4 Å². The van der Waals surface area contributed by atoms with E-state index in [0.29, 0.717) is 49.6 Å². The number of nitrogens with one attached hydrogen (secondary N) is 3. The molecule has 236 valence electrons. The maximum absolute atomic E-state index is 12.9. The summed E-state index contributed by atoms with van der Waals surface area (Å²) < 4.78 is 11.5. The molecule has 0 aliphatic rings. The molecule has 0 spiro atoms. The highest BCUT2D eigenvalue weighted by atomic mass is 16.5. The van der Waals surface area contributed by atoms with Crippen molar-refractivity contribution in [3.8, 4) is 0 Å². The van der Waals surface area contributed by atoms with E-state index in [1.807, 2.05) is 44.3 Å². The van der Waals surface area contributed by atoms with Crippen LogP contribution in [0.3, 0.4) is 0 Å². The van der Waals surface area contributed by atoms with Crippen LogP contribution in [0.1, 0.15) is 78.7 Å². The van der Waals surface area contributed by atoms with Crippen molar-refractivity contribution in [1.82, 2.24) is 16.0 Å². The Morgan fingerprint density at radius 1 is 0.976 bits per heavy atom. The molecule has 1 aromatic carbocycles. The molecular formula is C33H59N3O5. The average molecular weight is 578 g/mol. The van der Waals surface area contributed by atoms with Gasteiger partial charge in [0.25, 0.3) is 0 Å². The van der Waals surface area contributed by atoms with Gasteiger partial charge in [-0.25, -0.2) is 0 Å². The molecule has 41 heavy (non-hydrogen) atoms. The number of hydrogen-bond donors (Lipinski definition) is 4. The standard InChI is InChI=1S/C33H59N3O5/c1-9-24(4)28(20-29(34-6)23(2)3)31(41-8)21-32(38)35-18-14-13-17-30(40-7)25(5)33(39)36-27(22-37)19-26-15-11-10-12-16-26/h10-12,15-16,23-25,27-31,34,37H,9,13-14,17-22H2,1-8H3,(H,35,38)(H,36,39)/t24?,25?,27-,28?,29+,30-,31?/m1/s1. The summed E-state index contributed by atoms with van der Waals surface area (Å²) in [7, 11) is 5.34. The number of unbranched alkanes of at least 4 members (excludes halogenated alkanes) is 1. The SMILES string of the molecule is CCC(C)C(C[C@H](NC)C(C)C)C(CC(=O)NCCCC[C@@H](OC)C(C)C(=O)N[C@@H](CO)Cc1ccccc1)OC. The Balaban J connectivity index is 2.51. The van der Waals surface area contributed by atoms with E-state index in [0.717, 1.165) is 31.2 Å². The molecule has 0 aromatic heterocycles. The number of carbonyl (C=O) groups is 2. The molecule has 1 aromatic rings. The van der Waals surface area contributed by atoms with Crippen molar-refractivity contribution in [3.05, 3.63) is 35.9 Å². The fraction of sp³-hybridized carbons (Fsp3) is 0.758. The minimum atomic E-state index is -0.355. The maximum atomic E-state index is 12.9. The van der Waals surface area contributed by atoms with Gasteiger partial charge in [-0.15, -0.1) is 0 Å². The highest BCUT2D eigenvalue weighted by Crippen LogP contribution is 2.29. The Kier molecular flexibility index (Phi) is 18.8. The normalized spacial score (nSPS) is 16.8. The van der Waals surface area contributed by atoms with Crippen LogP contribution < -0.4 is 16.0 Å².